The molecule has 1 aliphatic rings. The highest BCUT2D eigenvalue weighted by atomic mass is 35.5. The molecule has 1 aromatic heterocycles. The normalized spacial score (nSPS) is 14.1. The summed E-state index contributed by atoms with van der Waals surface area (Å²) in [5, 5.41) is 1.03. The third-order valence-corrected chi connectivity index (χ3v) is 5.10. The molecule has 1 amide bonds. The van der Waals surface area contributed by atoms with Crippen LogP contribution in [0, 0.1) is 6.92 Å². The lowest BCUT2D eigenvalue weighted by atomic mass is 10.2. The van der Waals surface area contributed by atoms with E-state index in [-0.39, 0.29) is 5.91 Å². The smallest absolute Gasteiger partial charge is 0.226 e. The van der Waals surface area contributed by atoms with Crippen LogP contribution in [0.2, 0.25) is 10.0 Å². The standard InChI is InChI=1S/C20H23Cl2N3O3/c1-14-3-4-17(18(11-14)27-2)28-10-5-19(26)24-6-8-25(9-7-24)20-16(22)12-15(21)13-23-20/h3-4,11-13H,5-10H2,1-2H3. The van der Waals surface area contributed by atoms with Gasteiger partial charge < -0.3 is 19.3 Å². The van der Waals surface area contributed by atoms with Crippen molar-refractivity contribution in [2.75, 3.05) is 44.8 Å². The second kappa shape index (κ2) is 9.34. The van der Waals surface area contributed by atoms with Crippen molar-refractivity contribution in [2.24, 2.45) is 0 Å². The van der Waals surface area contributed by atoms with Gasteiger partial charge in [-0.15, -0.1) is 0 Å². The first-order chi connectivity index (χ1) is 13.5. The number of carbonyl (C=O) groups excluding carboxylic acids is 1. The molecule has 3 rings (SSSR count). The van der Waals surface area contributed by atoms with Crippen LogP contribution in [0.15, 0.2) is 30.5 Å². The van der Waals surface area contributed by atoms with Crippen LogP contribution < -0.4 is 14.4 Å². The lowest BCUT2D eigenvalue weighted by Gasteiger charge is -2.35. The molecule has 0 bridgehead atoms. The number of piperazine rings is 1. The van der Waals surface area contributed by atoms with Gasteiger partial charge in [-0.25, -0.2) is 4.98 Å². The van der Waals surface area contributed by atoms with E-state index in [0.717, 1.165) is 5.56 Å². The minimum absolute atomic E-state index is 0.0703. The third-order valence-electron chi connectivity index (χ3n) is 4.61. The zero-order chi connectivity index (χ0) is 20.1. The van der Waals surface area contributed by atoms with Crippen molar-refractivity contribution in [3.05, 3.63) is 46.1 Å². The highest BCUT2D eigenvalue weighted by Crippen LogP contribution is 2.28. The van der Waals surface area contributed by atoms with Crippen molar-refractivity contribution in [1.82, 2.24) is 9.88 Å². The maximum Gasteiger partial charge on any atom is 0.226 e. The van der Waals surface area contributed by atoms with Crippen molar-refractivity contribution in [1.29, 1.82) is 0 Å². The summed E-state index contributed by atoms with van der Waals surface area (Å²) in [5.74, 6) is 2.09. The van der Waals surface area contributed by atoms with E-state index in [0.29, 0.717) is 66.6 Å². The van der Waals surface area contributed by atoms with Gasteiger partial charge in [0, 0.05) is 32.4 Å². The number of halogens is 2. The van der Waals surface area contributed by atoms with Crippen LogP contribution in [0.3, 0.4) is 0 Å². The van der Waals surface area contributed by atoms with E-state index in [4.69, 9.17) is 32.7 Å². The number of ether oxygens (including phenoxy) is 2. The molecule has 0 aliphatic carbocycles. The molecular formula is C20H23Cl2N3O3. The number of methoxy groups -OCH3 is 1. The van der Waals surface area contributed by atoms with E-state index in [1.54, 1.807) is 19.4 Å². The molecule has 0 radical (unpaired) electrons. The fraction of sp³-hybridized carbons (Fsp3) is 0.400. The van der Waals surface area contributed by atoms with Gasteiger partial charge in [0.1, 0.15) is 5.82 Å². The molecule has 1 fully saturated rings. The Hall–Kier alpha value is -2.18. The number of carbonyl (C=O) groups is 1. The van der Waals surface area contributed by atoms with Gasteiger partial charge >= 0.3 is 0 Å². The number of amides is 1. The van der Waals surface area contributed by atoms with Crippen LogP contribution in [-0.4, -0.2) is 55.7 Å². The summed E-state index contributed by atoms with van der Waals surface area (Å²) in [7, 11) is 1.61. The van der Waals surface area contributed by atoms with E-state index in [2.05, 4.69) is 9.88 Å². The summed E-state index contributed by atoms with van der Waals surface area (Å²) in [6, 6.07) is 7.40. The second-order valence-corrected chi connectivity index (χ2v) is 7.42. The molecule has 1 aromatic carbocycles. The number of rotatable bonds is 6. The van der Waals surface area contributed by atoms with Crippen LogP contribution in [0.25, 0.3) is 0 Å². The summed E-state index contributed by atoms with van der Waals surface area (Å²) < 4.78 is 11.1. The number of nitrogens with zero attached hydrogens (tertiary/aromatic N) is 3. The monoisotopic (exact) mass is 423 g/mol. The molecule has 2 heterocycles. The van der Waals surface area contributed by atoms with Gasteiger partial charge in [0.05, 0.1) is 30.2 Å². The molecule has 1 saturated heterocycles. The zero-order valence-corrected chi connectivity index (χ0v) is 17.5. The van der Waals surface area contributed by atoms with Crippen LogP contribution >= 0.6 is 23.2 Å². The van der Waals surface area contributed by atoms with Crippen LogP contribution in [-0.2, 0) is 4.79 Å². The summed E-state index contributed by atoms with van der Waals surface area (Å²) in [6.45, 7) is 4.88. The number of hydrogen-bond donors (Lipinski definition) is 0. The SMILES string of the molecule is COc1cc(C)ccc1OCCC(=O)N1CCN(c2ncc(Cl)cc2Cl)CC1. The summed E-state index contributed by atoms with van der Waals surface area (Å²) in [5.41, 5.74) is 1.09. The lowest BCUT2D eigenvalue weighted by Crippen LogP contribution is -2.49. The Morgan fingerprint density at radius 3 is 2.57 bits per heavy atom. The minimum atomic E-state index is 0.0703. The Balaban J connectivity index is 1.48. The Labute approximate surface area is 175 Å². The zero-order valence-electron chi connectivity index (χ0n) is 16.0. The van der Waals surface area contributed by atoms with Gasteiger partial charge in [0.2, 0.25) is 5.91 Å². The number of anilines is 1. The lowest BCUT2D eigenvalue weighted by molar-refractivity contribution is -0.132. The van der Waals surface area contributed by atoms with Gasteiger partial charge in [-0.1, -0.05) is 29.3 Å². The predicted octanol–water partition coefficient (Wildman–Crippen LogP) is 3.82. The number of hydrogen-bond acceptors (Lipinski definition) is 5. The first-order valence-electron chi connectivity index (χ1n) is 9.09. The number of pyridine rings is 1. The Morgan fingerprint density at radius 1 is 1.14 bits per heavy atom. The molecule has 0 atom stereocenters. The highest BCUT2D eigenvalue weighted by Gasteiger charge is 2.23. The number of aromatic nitrogens is 1. The van der Waals surface area contributed by atoms with Crippen molar-refractivity contribution >= 4 is 34.9 Å². The summed E-state index contributed by atoms with van der Waals surface area (Å²) in [4.78, 5) is 20.7. The van der Waals surface area contributed by atoms with Gasteiger partial charge in [-0.3, -0.25) is 4.79 Å². The molecule has 28 heavy (non-hydrogen) atoms. The summed E-state index contributed by atoms with van der Waals surface area (Å²) >= 11 is 12.1. The Morgan fingerprint density at radius 2 is 1.89 bits per heavy atom. The van der Waals surface area contributed by atoms with E-state index in [1.165, 1.54) is 0 Å². The molecule has 0 unspecified atom stereocenters. The summed E-state index contributed by atoms with van der Waals surface area (Å²) in [6.07, 6.45) is 1.90. The molecule has 0 saturated carbocycles. The molecule has 2 aromatic rings. The van der Waals surface area contributed by atoms with Crippen molar-refractivity contribution in [2.45, 2.75) is 13.3 Å². The quantitative estimate of drug-likeness (QED) is 0.706. The van der Waals surface area contributed by atoms with Gasteiger partial charge in [0.25, 0.3) is 0 Å². The van der Waals surface area contributed by atoms with E-state index >= 15 is 0 Å². The number of benzene rings is 1. The van der Waals surface area contributed by atoms with E-state index in [9.17, 15) is 4.79 Å². The fourth-order valence-corrected chi connectivity index (χ4v) is 3.61. The molecule has 1 aliphatic heterocycles. The predicted molar refractivity (Wildman–Crippen MR) is 111 cm³/mol. The fourth-order valence-electron chi connectivity index (χ4n) is 3.11. The second-order valence-electron chi connectivity index (χ2n) is 6.58. The van der Waals surface area contributed by atoms with Crippen molar-refractivity contribution in [3.8, 4) is 11.5 Å². The van der Waals surface area contributed by atoms with Gasteiger partial charge in [-0.2, -0.15) is 0 Å². The average Bonchev–Trinajstić information content (AvgIpc) is 2.69. The van der Waals surface area contributed by atoms with Crippen LogP contribution in [0.5, 0.6) is 11.5 Å². The first-order valence-corrected chi connectivity index (χ1v) is 9.84. The average molecular weight is 424 g/mol. The molecular weight excluding hydrogens is 401 g/mol. The maximum absolute atomic E-state index is 12.5. The maximum atomic E-state index is 12.5. The molecule has 6 nitrogen and oxygen atoms in total. The van der Waals surface area contributed by atoms with Gasteiger partial charge in [0.15, 0.2) is 11.5 Å². The molecule has 8 heteroatoms. The first kappa shape index (κ1) is 20.6. The van der Waals surface area contributed by atoms with Gasteiger partial charge in [-0.05, 0) is 30.7 Å². The van der Waals surface area contributed by atoms with Crippen molar-refractivity contribution < 1.29 is 14.3 Å². The third kappa shape index (κ3) is 5.00. The van der Waals surface area contributed by atoms with E-state index < -0.39 is 0 Å². The Bertz CT molecular complexity index is 839. The van der Waals surface area contributed by atoms with Crippen molar-refractivity contribution in [3.63, 3.8) is 0 Å². The van der Waals surface area contributed by atoms with Crippen LogP contribution in [0.4, 0.5) is 5.82 Å². The highest BCUT2D eigenvalue weighted by molar-refractivity contribution is 6.36. The molecule has 150 valence electrons. The number of aryl methyl sites for hydroxylation is 1. The van der Waals surface area contributed by atoms with Crippen LogP contribution in [0.1, 0.15) is 12.0 Å². The Kier molecular flexibility index (Phi) is 6.86. The van der Waals surface area contributed by atoms with E-state index in [1.807, 2.05) is 30.0 Å². The molecule has 0 N–H and O–H groups in total. The largest absolute Gasteiger partial charge is 0.493 e. The topological polar surface area (TPSA) is 54.9 Å². The molecule has 0 spiro atoms. The minimum Gasteiger partial charge on any atom is -0.493 e.